The molecule has 7 aromatic rings. The minimum Gasteiger partial charge on any atom is -0.310 e. The van der Waals surface area contributed by atoms with Crippen molar-refractivity contribution in [2.75, 3.05) is 4.90 Å². The summed E-state index contributed by atoms with van der Waals surface area (Å²) in [4.78, 5) is 2.41. The third kappa shape index (κ3) is 3.63. The van der Waals surface area contributed by atoms with Crippen LogP contribution in [0.15, 0.2) is 152 Å². The Balaban J connectivity index is 1.48. The number of hydrogen-bond donors (Lipinski definition) is 0. The van der Waals surface area contributed by atoms with Gasteiger partial charge in [0.1, 0.15) is 0 Å². The van der Waals surface area contributed by atoms with Gasteiger partial charge in [-0.3, -0.25) is 0 Å². The van der Waals surface area contributed by atoms with Crippen molar-refractivity contribution in [3.05, 3.63) is 163 Å². The van der Waals surface area contributed by atoms with Gasteiger partial charge in [0.05, 0.1) is 5.69 Å². The van der Waals surface area contributed by atoms with Gasteiger partial charge in [-0.1, -0.05) is 129 Å². The van der Waals surface area contributed by atoms with Gasteiger partial charge in [-0.2, -0.15) is 0 Å². The first-order valence-corrected chi connectivity index (χ1v) is 14.7. The zero-order valence-corrected chi connectivity index (χ0v) is 23.9. The van der Waals surface area contributed by atoms with Gasteiger partial charge in [-0.15, -0.1) is 0 Å². The Hall–Kier alpha value is -5.14. The summed E-state index contributed by atoms with van der Waals surface area (Å²) in [6, 6.07) is 55.1. The third-order valence-corrected chi connectivity index (χ3v) is 8.99. The molecular weight excluding hydrogens is 506 g/mol. The van der Waals surface area contributed by atoms with Gasteiger partial charge in [-0.25, -0.2) is 0 Å². The fourth-order valence-electron chi connectivity index (χ4n) is 7.14. The van der Waals surface area contributed by atoms with Crippen LogP contribution in [-0.4, -0.2) is 0 Å². The van der Waals surface area contributed by atoms with Gasteiger partial charge in [0.25, 0.3) is 0 Å². The van der Waals surface area contributed by atoms with E-state index in [0.717, 1.165) is 11.4 Å². The third-order valence-electron chi connectivity index (χ3n) is 8.99. The van der Waals surface area contributed by atoms with Crippen molar-refractivity contribution in [3.63, 3.8) is 0 Å². The second kappa shape index (κ2) is 9.46. The minimum atomic E-state index is -0.183. The average molecular weight is 538 g/mol. The Morgan fingerprint density at radius 1 is 0.452 bits per heavy atom. The predicted molar refractivity (Wildman–Crippen MR) is 179 cm³/mol. The highest BCUT2D eigenvalue weighted by atomic mass is 15.1. The minimum absolute atomic E-state index is 0.183. The zero-order valence-electron chi connectivity index (χ0n) is 23.9. The van der Waals surface area contributed by atoms with E-state index in [2.05, 4.69) is 170 Å². The Labute approximate surface area is 247 Å². The molecule has 0 heterocycles. The normalized spacial score (nSPS) is 13.2. The Morgan fingerprint density at radius 3 is 1.57 bits per heavy atom. The number of benzene rings is 7. The van der Waals surface area contributed by atoms with Crippen molar-refractivity contribution in [3.8, 4) is 22.3 Å². The number of para-hydroxylation sites is 2. The van der Waals surface area contributed by atoms with Crippen LogP contribution in [0.2, 0.25) is 0 Å². The molecule has 200 valence electrons. The smallest absolute Gasteiger partial charge is 0.0543 e. The van der Waals surface area contributed by atoms with Crippen LogP contribution in [-0.2, 0) is 5.41 Å². The van der Waals surface area contributed by atoms with Crippen LogP contribution in [0.25, 0.3) is 43.8 Å². The van der Waals surface area contributed by atoms with Crippen LogP contribution in [0, 0.1) is 0 Å². The number of anilines is 3. The molecule has 8 rings (SSSR count). The van der Waals surface area contributed by atoms with E-state index >= 15 is 0 Å². The molecule has 42 heavy (non-hydrogen) atoms. The number of hydrogen-bond acceptors (Lipinski definition) is 1. The second-order valence-electron chi connectivity index (χ2n) is 11.8. The standard InChI is InChI=1S/C41H31N/c1-41(2)37-27-38(42(29-18-8-4-9-19-29)30-20-10-5-11-21-30)32-23-13-14-24-33(32)39(37)36-26-35(28-16-6-3-7-17-28)31-22-12-15-25-34(31)40(36)41/h3-27H,1-2H3. The van der Waals surface area contributed by atoms with Crippen molar-refractivity contribution in [2.45, 2.75) is 19.3 Å². The topological polar surface area (TPSA) is 3.24 Å². The molecule has 0 fully saturated rings. The summed E-state index contributed by atoms with van der Waals surface area (Å²) in [7, 11) is 0. The molecule has 0 aliphatic heterocycles. The lowest BCUT2D eigenvalue weighted by atomic mass is 9.79. The lowest BCUT2D eigenvalue weighted by molar-refractivity contribution is 0.667. The molecule has 0 radical (unpaired) electrons. The van der Waals surface area contributed by atoms with Crippen molar-refractivity contribution in [1.29, 1.82) is 0 Å². The van der Waals surface area contributed by atoms with E-state index in [9.17, 15) is 0 Å². The Kier molecular flexibility index (Phi) is 5.55. The molecule has 0 N–H and O–H groups in total. The molecule has 0 amide bonds. The highest BCUT2D eigenvalue weighted by molar-refractivity contribution is 6.14. The number of nitrogens with zero attached hydrogens (tertiary/aromatic N) is 1. The predicted octanol–water partition coefficient (Wildman–Crippen LogP) is 11.4. The molecule has 1 aliphatic carbocycles. The maximum absolute atomic E-state index is 2.47. The van der Waals surface area contributed by atoms with Gasteiger partial charge in [0.2, 0.25) is 0 Å². The fourth-order valence-corrected chi connectivity index (χ4v) is 7.14. The van der Waals surface area contributed by atoms with Gasteiger partial charge < -0.3 is 4.90 Å². The lowest BCUT2D eigenvalue weighted by Gasteiger charge is -2.30. The molecule has 0 spiro atoms. The molecule has 1 nitrogen and oxygen atoms in total. The molecule has 0 aromatic heterocycles. The highest BCUT2D eigenvalue weighted by Crippen LogP contribution is 2.57. The first-order chi connectivity index (χ1) is 20.6. The number of rotatable bonds is 4. The van der Waals surface area contributed by atoms with Crippen molar-refractivity contribution in [1.82, 2.24) is 0 Å². The van der Waals surface area contributed by atoms with Crippen molar-refractivity contribution < 1.29 is 0 Å². The van der Waals surface area contributed by atoms with Crippen LogP contribution < -0.4 is 4.90 Å². The quantitative estimate of drug-likeness (QED) is 0.216. The van der Waals surface area contributed by atoms with E-state index in [1.54, 1.807) is 0 Å². The molecule has 1 aliphatic rings. The molecule has 0 bridgehead atoms. The molecule has 7 aromatic carbocycles. The van der Waals surface area contributed by atoms with E-state index < -0.39 is 0 Å². The average Bonchev–Trinajstić information content (AvgIpc) is 3.28. The van der Waals surface area contributed by atoms with Gasteiger partial charge in [0.15, 0.2) is 0 Å². The van der Waals surface area contributed by atoms with Crippen LogP contribution in [0.3, 0.4) is 0 Å². The Bertz CT molecular complexity index is 2050. The van der Waals surface area contributed by atoms with E-state index in [0.29, 0.717) is 0 Å². The first-order valence-electron chi connectivity index (χ1n) is 14.7. The summed E-state index contributed by atoms with van der Waals surface area (Å²) in [5, 5.41) is 5.19. The molecule has 1 heteroatoms. The second-order valence-corrected chi connectivity index (χ2v) is 11.8. The van der Waals surface area contributed by atoms with Gasteiger partial charge >= 0.3 is 0 Å². The SMILES string of the molecule is CC1(C)c2cc(N(c3ccccc3)c3ccccc3)c3ccccc3c2-c2cc(-c3ccccc3)c3ccccc3c21. The summed E-state index contributed by atoms with van der Waals surface area (Å²) in [5.74, 6) is 0. The fraction of sp³-hybridized carbons (Fsp3) is 0.0732. The molecule has 0 atom stereocenters. The molecule has 0 unspecified atom stereocenters. The monoisotopic (exact) mass is 537 g/mol. The first kappa shape index (κ1) is 24.6. The summed E-state index contributed by atoms with van der Waals surface area (Å²) < 4.78 is 0. The van der Waals surface area contributed by atoms with Crippen LogP contribution in [0.4, 0.5) is 17.1 Å². The maximum atomic E-state index is 2.47. The lowest BCUT2D eigenvalue weighted by Crippen LogP contribution is -2.17. The Morgan fingerprint density at radius 2 is 0.952 bits per heavy atom. The van der Waals surface area contributed by atoms with Gasteiger partial charge in [0, 0.05) is 22.2 Å². The van der Waals surface area contributed by atoms with E-state index in [1.807, 2.05) is 0 Å². The highest BCUT2D eigenvalue weighted by Gasteiger charge is 2.39. The number of fused-ring (bicyclic) bond motifs is 7. The summed E-state index contributed by atoms with van der Waals surface area (Å²) in [6.07, 6.45) is 0. The van der Waals surface area contributed by atoms with Crippen LogP contribution in [0.5, 0.6) is 0 Å². The zero-order chi connectivity index (χ0) is 28.3. The summed E-state index contributed by atoms with van der Waals surface area (Å²) in [5.41, 5.74) is 11.4. The van der Waals surface area contributed by atoms with Crippen LogP contribution >= 0.6 is 0 Å². The summed E-state index contributed by atoms with van der Waals surface area (Å²) >= 11 is 0. The molecular formula is C41H31N. The van der Waals surface area contributed by atoms with E-state index in [-0.39, 0.29) is 5.41 Å². The maximum Gasteiger partial charge on any atom is 0.0543 e. The summed E-state index contributed by atoms with van der Waals surface area (Å²) in [6.45, 7) is 4.81. The molecule has 0 saturated carbocycles. The largest absolute Gasteiger partial charge is 0.310 e. The van der Waals surface area contributed by atoms with Crippen molar-refractivity contribution in [2.24, 2.45) is 0 Å². The van der Waals surface area contributed by atoms with E-state index in [1.165, 1.54) is 60.6 Å². The van der Waals surface area contributed by atoms with Crippen LogP contribution in [0.1, 0.15) is 25.0 Å². The van der Waals surface area contributed by atoms with E-state index in [4.69, 9.17) is 0 Å². The van der Waals surface area contributed by atoms with Crippen molar-refractivity contribution >= 4 is 38.6 Å². The van der Waals surface area contributed by atoms with Gasteiger partial charge in [-0.05, 0) is 85.9 Å². The molecule has 0 saturated heterocycles.